The molecule has 2 rings (SSSR count). The second-order valence-corrected chi connectivity index (χ2v) is 5.78. The average Bonchev–Trinajstić information content (AvgIpc) is 2.68. The predicted molar refractivity (Wildman–Crippen MR) is 66.3 cm³/mol. The highest BCUT2D eigenvalue weighted by molar-refractivity contribution is 7.99. The number of hydrogen-bond acceptors (Lipinski definition) is 4. The Hall–Kier alpha value is -0.550. The number of thioether (sulfide) groups is 1. The maximum Gasteiger partial charge on any atom is 0.186 e. The Balaban J connectivity index is 1.99. The van der Waals surface area contributed by atoms with Gasteiger partial charge in [-0.15, -0.1) is 0 Å². The molecule has 0 aromatic carbocycles. The monoisotopic (exact) mass is 240 g/mol. The summed E-state index contributed by atoms with van der Waals surface area (Å²) in [6.45, 7) is 2.27. The first kappa shape index (κ1) is 11.9. The molecule has 2 N–H and O–H groups in total. The van der Waals surface area contributed by atoms with Gasteiger partial charge in [0, 0.05) is 18.3 Å². The van der Waals surface area contributed by atoms with E-state index in [0.717, 1.165) is 17.5 Å². The Bertz CT molecular complexity index is 338. The molecule has 90 valence electrons. The van der Waals surface area contributed by atoms with Crippen molar-refractivity contribution in [1.82, 2.24) is 14.8 Å². The number of nitrogens with zero attached hydrogens (tertiary/aromatic N) is 3. The zero-order valence-electron chi connectivity index (χ0n) is 9.97. The lowest BCUT2D eigenvalue weighted by atomic mass is 9.84. The van der Waals surface area contributed by atoms with Crippen molar-refractivity contribution in [1.29, 1.82) is 0 Å². The van der Waals surface area contributed by atoms with Crippen molar-refractivity contribution in [3.05, 3.63) is 6.33 Å². The zero-order chi connectivity index (χ0) is 11.5. The molecule has 3 unspecified atom stereocenters. The van der Waals surface area contributed by atoms with Gasteiger partial charge in [-0.1, -0.05) is 25.1 Å². The standard InChI is InChI=1S/C11H20N4S/c1-3-8-4-5-9(12)10(6-8)16-11-13-7-14-15(11)2/h7-10H,3-6,12H2,1-2H3. The summed E-state index contributed by atoms with van der Waals surface area (Å²) in [5.74, 6) is 0.838. The van der Waals surface area contributed by atoms with Crippen molar-refractivity contribution in [3.8, 4) is 0 Å². The molecule has 1 aromatic rings. The highest BCUT2D eigenvalue weighted by Crippen LogP contribution is 2.35. The Morgan fingerprint density at radius 1 is 1.56 bits per heavy atom. The second kappa shape index (κ2) is 5.19. The van der Waals surface area contributed by atoms with Gasteiger partial charge in [-0.2, -0.15) is 5.10 Å². The zero-order valence-corrected chi connectivity index (χ0v) is 10.8. The highest BCUT2D eigenvalue weighted by atomic mass is 32.2. The molecule has 0 saturated heterocycles. The van der Waals surface area contributed by atoms with Gasteiger partial charge in [0.2, 0.25) is 0 Å². The molecule has 0 spiro atoms. The maximum atomic E-state index is 6.18. The van der Waals surface area contributed by atoms with E-state index in [1.54, 1.807) is 18.1 Å². The number of hydrogen-bond donors (Lipinski definition) is 1. The summed E-state index contributed by atoms with van der Waals surface area (Å²) in [6.07, 6.45) is 6.52. The third-order valence-corrected chi connectivity index (χ3v) is 4.88. The fourth-order valence-corrected chi connectivity index (χ4v) is 3.53. The first-order chi connectivity index (χ1) is 7.70. The van der Waals surface area contributed by atoms with Crippen LogP contribution in [0, 0.1) is 5.92 Å². The molecule has 0 radical (unpaired) electrons. The summed E-state index contributed by atoms with van der Waals surface area (Å²) in [5.41, 5.74) is 6.18. The first-order valence-electron chi connectivity index (χ1n) is 5.97. The fourth-order valence-electron chi connectivity index (χ4n) is 2.27. The quantitative estimate of drug-likeness (QED) is 0.875. The lowest BCUT2D eigenvalue weighted by Gasteiger charge is -2.32. The van der Waals surface area contributed by atoms with Crippen molar-refractivity contribution in [3.63, 3.8) is 0 Å². The minimum absolute atomic E-state index is 0.310. The average molecular weight is 240 g/mol. The molecule has 1 fully saturated rings. The second-order valence-electron chi connectivity index (χ2n) is 4.57. The van der Waals surface area contributed by atoms with Crippen LogP contribution in [0.25, 0.3) is 0 Å². The van der Waals surface area contributed by atoms with Gasteiger partial charge in [0.25, 0.3) is 0 Å². The molecule has 1 aromatic heterocycles. The van der Waals surface area contributed by atoms with Crippen LogP contribution in [0.4, 0.5) is 0 Å². The van der Waals surface area contributed by atoms with Gasteiger partial charge in [0.1, 0.15) is 6.33 Å². The molecule has 1 heterocycles. The van der Waals surface area contributed by atoms with Crippen molar-refractivity contribution >= 4 is 11.8 Å². The molecule has 16 heavy (non-hydrogen) atoms. The Labute approximate surface area is 101 Å². The minimum atomic E-state index is 0.310. The number of rotatable bonds is 3. The molecule has 1 aliphatic carbocycles. The van der Waals surface area contributed by atoms with E-state index in [2.05, 4.69) is 17.0 Å². The number of aromatic nitrogens is 3. The van der Waals surface area contributed by atoms with Crippen molar-refractivity contribution in [2.45, 2.75) is 49.1 Å². The Morgan fingerprint density at radius 3 is 3.00 bits per heavy atom. The van der Waals surface area contributed by atoms with Crippen LogP contribution in [0.2, 0.25) is 0 Å². The van der Waals surface area contributed by atoms with E-state index in [4.69, 9.17) is 5.73 Å². The van der Waals surface area contributed by atoms with Crippen molar-refractivity contribution in [2.24, 2.45) is 18.7 Å². The van der Waals surface area contributed by atoms with Gasteiger partial charge in [-0.05, 0) is 25.2 Å². The van der Waals surface area contributed by atoms with Gasteiger partial charge in [0.05, 0.1) is 0 Å². The van der Waals surface area contributed by atoms with E-state index < -0.39 is 0 Å². The smallest absolute Gasteiger partial charge is 0.186 e. The van der Waals surface area contributed by atoms with Gasteiger partial charge in [-0.25, -0.2) is 9.67 Å². The van der Waals surface area contributed by atoms with Gasteiger partial charge >= 0.3 is 0 Å². The first-order valence-corrected chi connectivity index (χ1v) is 6.85. The Morgan fingerprint density at radius 2 is 2.38 bits per heavy atom. The van der Waals surface area contributed by atoms with Gasteiger partial charge < -0.3 is 5.73 Å². The molecular weight excluding hydrogens is 220 g/mol. The van der Waals surface area contributed by atoms with E-state index in [9.17, 15) is 0 Å². The molecule has 0 aliphatic heterocycles. The summed E-state index contributed by atoms with van der Waals surface area (Å²) in [4.78, 5) is 4.25. The predicted octanol–water partition coefficient (Wildman–Crippen LogP) is 1.81. The molecule has 3 atom stereocenters. The van der Waals surface area contributed by atoms with E-state index in [1.165, 1.54) is 19.3 Å². The van der Waals surface area contributed by atoms with Crippen LogP contribution in [0.15, 0.2) is 11.5 Å². The minimum Gasteiger partial charge on any atom is -0.327 e. The number of aryl methyl sites for hydroxylation is 1. The molecular formula is C11H20N4S. The molecule has 1 saturated carbocycles. The third-order valence-electron chi connectivity index (χ3n) is 3.46. The van der Waals surface area contributed by atoms with Gasteiger partial charge in [0.15, 0.2) is 5.16 Å². The van der Waals surface area contributed by atoms with Crippen LogP contribution in [-0.2, 0) is 7.05 Å². The topological polar surface area (TPSA) is 56.7 Å². The van der Waals surface area contributed by atoms with Crippen LogP contribution in [0.5, 0.6) is 0 Å². The summed E-state index contributed by atoms with van der Waals surface area (Å²) in [7, 11) is 1.93. The van der Waals surface area contributed by atoms with Crippen LogP contribution >= 0.6 is 11.8 Å². The van der Waals surface area contributed by atoms with Crippen LogP contribution in [-0.4, -0.2) is 26.1 Å². The van der Waals surface area contributed by atoms with Crippen LogP contribution in [0.3, 0.4) is 0 Å². The largest absolute Gasteiger partial charge is 0.327 e. The van der Waals surface area contributed by atoms with Crippen LogP contribution in [0.1, 0.15) is 32.6 Å². The Kier molecular flexibility index (Phi) is 3.86. The lowest BCUT2D eigenvalue weighted by Crippen LogP contribution is -2.38. The van der Waals surface area contributed by atoms with E-state index in [0.29, 0.717) is 11.3 Å². The van der Waals surface area contributed by atoms with Gasteiger partial charge in [-0.3, -0.25) is 0 Å². The van der Waals surface area contributed by atoms with Crippen molar-refractivity contribution in [2.75, 3.05) is 0 Å². The lowest BCUT2D eigenvalue weighted by molar-refractivity contribution is 0.327. The van der Waals surface area contributed by atoms with E-state index in [-0.39, 0.29) is 0 Å². The summed E-state index contributed by atoms with van der Waals surface area (Å²) in [5, 5.41) is 5.58. The van der Waals surface area contributed by atoms with E-state index >= 15 is 0 Å². The van der Waals surface area contributed by atoms with E-state index in [1.807, 2.05) is 11.7 Å². The number of nitrogens with two attached hydrogens (primary N) is 1. The summed E-state index contributed by atoms with van der Waals surface area (Å²) >= 11 is 1.79. The van der Waals surface area contributed by atoms with Crippen molar-refractivity contribution < 1.29 is 0 Å². The van der Waals surface area contributed by atoms with Crippen LogP contribution < -0.4 is 5.73 Å². The third kappa shape index (κ3) is 2.58. The highest BCUT2D eigenvalue weighted by Gasteiger charge is 2.29. The fraction of sp³-hybridized carbons (Fsp3) is 0.818. The molecule has 0 amide bonds. The normalized spacial score (nSPS) is 30.6. The summed E-state index contributed by atoms with van der Waals surface area (Å²) in [6, 6.07) is 0.310. The summed E-state index contributed by atoms with van der Waals surface area (Å²) < 4.78 is 1.83. The molecule has 1 aliphatic rings. The molecule has 5 heteroatoms. The SMILES string of the molecule is CCC1CCC(N)C(Sc2ncnn2C)C1. The molecule has 0 bridgehead atoms. The maximum absolute atomic E-state index is 6.18. The molecule has 4 nitrogen and oxygen atoms in total.